The van der Waals surface area contributed by atoms with E-state index in [1.54, 1.807) is 0 Å². The van der Waals surface area contributed by atoms with E-state index >= 15 is 0 Å². The Bertz CT molecular complexity index is 2820. The zero-order valence-electron chi connectivity index (χ0n) is 35.9. The van der Waals surface area contributed by atoms with Gasteiger partial charge in [0.15, 0.2) is 0 Å². The van der Waals surface area contributed by atoms with Gasteiger partial charge in [-0.3, -0.25) is 4.98 Å². The number of hydrogen-bond acceptors (Lipinski definition) is 3. The summed E-state index contributed by atoms with van der Waals surface area (Å²) in [5.41, 5.74) is 16.1. The number of fused-ring (bicyclic) bond motifs is 4. The molecule has 0 spiro atoms. The van der Waals surface area contributed by atoms with Crippen LogP contribution in [-0.4, -0.2) is 9.97 Å². The Kier molecular flexibility index (Phi) is 10.6. The second kappa shape index (κ2) is 15.4. The number of aromatic nitrogens is 2. The van der Waals surface area contributed by atoms with Crippen LogP contribution in [0.15, 0.2) is 140 Å². The van der Waals surface area contributed by atoms with Gasteiger partial charge in [0.2, 0.25) is 0 Å². The van der Waals surface area contributed by atoms with Gasteiger partial charge in [0.05, 0.1) is 11.1 Å². The molecular formula is C56H50N2OPt. The number of hydrogen-bond donors (Lipinski definition) is 0. The average molecular weight is 962 g/mol. The van der Waals surface area contributed by atoms with Crippen molar-refractivity contribution in [2.75, 3.05) is 0 Å². The van der Waals surface area contributed by atoms with E-state index in [0.717, 1.165) is 38.9 Å². The van der Waals surface area contributed by atoms with Crippen molar-refractivity contribution in [1.29, 1.82) is 0 Å². The molecule has 4 heteroatoms. The van der Waals surface area contributed by atoms with Crippen LogP contribution in [0.2, 0.25) is 0 Å². The van der Waals surface area contributed by atoms with Gasteiger partial charge in [0.25, 0.3) is 0 Å². The molecule has 1 aliphatic rings. The van der Waals surface area contributed by atoms with E-state index in [1.807, 2.05) is 24.5 Å². The van der Waals surface area contributed by atoms with Gasteiger partial charge in [-0.05, 0) is 116 Å². The number of rotatable bonds is 6. The molecule has 0 saturated carbocycles. The fraction of sp³-hybridized carbons (Fsp3) is 0.214. The normalized spacial score (nSPS) is 13.1. The molecule has 6 aromatic carbocycles. The van der Waals surface area contributed by atoms with E-state index in [0.29, 0.717) is 11.5 Å². The van der Waals surface area contributed by atoms with Crippen molar-refractivity contribution >= 4 is 10.8 Å². The third kappa shape index (κ3) is 7.11. The Labute approximate surface area is 370 Å². The first kappa shape index (κ1) is 41.1. The SMILES string of the molecule is Cc1cc(C)c(-c2cc(Oc3[c-]c(C4(c5ccccn5)c5cc(C(C)(C)C)ccc5-c5ccc(C(C)(C)C)cc54)ccc3)[c-]c(-c3nccc4ccccc34)c2)c(C)c1.[Pt+2]. The quantitative estimate of drug-likeness (QED) is 0.156. The summed E-state index contributed by atoms with van der Waals surface area (Å²) < 4.78 is 6.97. The molecule has 0 fully saturated rings. The molecule has 0 bridgehead atoms. The predicted octanol–water partition coefficient (Wildman–Crippen LogP) is 14.2. The summed E-state index contributed by atoms with van der Waals surface area (Å²) in [5, 5.41) is 2.20. The molecule has 0 atom stereocenters. The molecule has 0 N–H and O–H groups in total. The Morgan fingerprint density at radius 2 is 1.22 bits per heavy atom. The smallest absolute Gasteiger partial charge is 0.503 e. The van der Waals surface area contributed by atoms with Crippen LogP contribution in [-0.2, 0) is 37.3 Å². The largest absolute Gasteiger partial charge is 2.00 e. The first-order chi connectivity index (χ1) is 28.2. The number of benzene rings is 6. The summed E-state index contributed by atoms with van der Waals surface area (Å²) in [5.74, 6) is 1.21. The first-order valence-corrected chi connectivity index (χ1v) is 20.6. The van der Waals surface area contributed by atoms with E-state index in [-0.39, 0.29) is 31.9 Å². The van der Waals surface area contributed by atoms with Crippen LogP contribution in [0.25, 0.3) is 44.3 Å². The molecule has 1 aliphatic carbocycles. The van der Waals surface area contributed by atoms with Gasteiger partial charge in [-0.2, -0.15) is 12.1 Å². The van der Waals surface area contributed by atoms with Gasteiger partial charge in [-0.15, -0.1) is 29.3 Å². The third-order valence-corrected chi connectivity index (χ3v) is 12.0. The molecule has 0 saturated heterocycles. The number of ether oxygens (including phenoxy) is 1. The zero-order valence-corrected chi connectivity index (χ0v) is 38.2. The van der Waals surface area contributed by atoms with Crippen molar-refractivity contribution in [2.45, 2.75) is 78.6 Å². The van der Waals surface area contributed by atoms with Crippen molar-refractivity contribution in [3.63, 3.8) is 0 Å². The van der Waals surface area contributed by atoms with Crippen LogP contribution in [0.3, 0.4) is 0 Å². The molecule has 300 valence electrons. The molecule has 9 rings (SSSR count). The maximum Gasteiger partial charge on any atom is 2.00 e. The zero-order chi connectivity index (χ0) is 41.3. The summed E-state index contributed by atoms with van der Waals surface area (Å²) in [6, 6.07) is 53.3. The second-order valence-electron chi connectivity index (χ2n) is 18.3. The van der Waals surface area contributed by atoms with Gasteiger partial charge in [-0.25, -0.2) is 0 Å². The summed E-state index contributed by atoms with van der Waals surface area (Å²) in [4.78, 5) is 10.1. The monoisotopic (exact) mass is 961 g/mol. The van der Waals surface area contributed by atoms with Crippen LogP contribution in [0.4, 0.5) is 0 Å². The summed E-state index contributed by atoms with van der Waals surface area (Å²) in [6.45, 7) is 20.2. The Hall–Kier alpha value is -5.63. The molecule has 3 nitrogen and oxygen atoms in total. The number of nitrogens with zero attached hydrogens (tertiary/aromatic N) is 2. The molecule has 0 amide bonds. The van der Waals surface area contributed by atoms with E-state index < -0.39 is 5.41 Å². The van der Waals surface area contributed by atoms with Crippen molar-refractivity contribution in [3.8, 4) is 45.0 Å². The van der Waals surface area contributed by atoms with Crippen LogP contribution in [0.1, 0.15) is 91.7 Å². The van der Waals surface area contributed by atoms with Gasteiger partial charge in [0, 0.05) is 23.9 Å². The Morgan fingerprint density at radius 3 is 1.85 bits per heavy atom. The van der Waals surface area contributed by atoms with Gasteiger partial charge in [-0.1, -0.05) is 144 Å². The van der Waals surface area contributed by atoms with E-state index in [2.05, 4.69) is 190 Å². The van der Waals surface area contributed by atoms with Crippen molar-refractivity contribution in [2.24, 2.45) is 0 Å². The maximum atomic E-state index is 6.97. The molecule has 0 unspecified atom stereocenters. The van der Waals surface area contributed by atoms with Crippen molar-refractivity contribution < 1.29 is 25.8 Å². The van der Waals surface area contributed by atoms with Crippen LogP contribution in [0, 0.1) is 32.9 Å². The van der Waals surface area contributed by atoms with Crippen molar-refractivity contribution in [3.05, 3.63) is 202 Å². The second-order valence-corrected chi connectivity index (χ2v) is 18.3. The minimum absolute atomic E-state index is 0. The Balaban J connectivity index is 0.00000499. The molecule has 2 heterocycles. The van der Waals surface area contributed by atoms with E-state index in [1.165, 1.54) is 55.6 Å². The van der Waals surface area contributed by atoms with Crippen LogP contribution < -0.4 is 4.74 Å². The summed E-state index contributed by atoms with van der Waals surface area (Å²) >= 11 is 0. The van der Waals surface area contributed by atoms with Crippen LogP contribution in [0.5, 0.6) is 11.5 Å². The van der Waals surface area contributed by atoms with Gasteiger partial charge >= 0.3 is 21.1 Å². The average Bonchev–Trinajstić information content (AvgIpc) is 3.50. The van der Waals surface area contributed by atoms with E-state index in [4.69, 9.17) is 14.7 Å². The molecular weight excluding hydrogens is 912 g/mol. The molecule has 8 aromatic rings. The molecule has 60 heavy (non-hydrogen) atoms. The topological polar surface area (TPSA) is 35.0 Å². The maximum absolute atomic E-state index is 6.97. The fourth-order valence-electron chi connectivity index (χ4n) is 9.23. The molecule has 0 aliphatic heterocycles. The third-order valence-electron chi connectivity index (χ3n) is 12.0. The Morgan fingerprint density at radius 1 is 0.567 bits per heavy atom. The fourth-order valence-corrected chi connectivity index (χ4v) is 9.23. The molecule has 2 aromatic heterocycles. The summed E-state index contributed by atoms with van der Waals surface area (Å²) in [6.07, 6.45) is 3.79. The van der Waals surface area contributed by atoms with Crippen molar-refractivity contribution in [1.82, 2.24) is 9.97 Å². The minimum atomic E-state index is -0.756. The first-order valence-electron chi connectivity index (χ1n) is 20.6. The van der Waals surface area contributed by atoms with E-state index in [9.17, 15) is 0 Å². The number of pyridine rings is 2. The molecule has 0 radical (unpaired) electrons. The van der Waals surface area contributed by atoms with Crippen LogP contribution >= 0.6 is 0 Å². The van der Waals surface area contributed by atoms with Gasteiger partial charge < -0.3 is 9.72 Å². The summed E-state index contributed by atoms with van der Waals surface area (Å²) in [7, 11) is 0. The predicted molar refractivity (Wildman–Crippen MR) is 244 cm³/mol. The minimum Gasteiger partial charge on any atom is -0.503 e. The standard InChI is InChI=1S/C56H50N2O.Pt/c1-35-27-36(2)52(37(3)28-35)39-29-40(53-46-18-11-10-15-38(46)24-26-58-53)31-45(30-39)59-44-17-14-16-43(32-44)56(51-19-12-13-25-57-51)49-33-41(54(4,5)6)20-22-47(49)48-23-21-42(34-50(48)56)55(7,8)9;/h10-30,33-34H,1-9H3;/q-2;+2. The van der Waals surface area contributed by atoms with Gasteiger partial charge in [0.1, 0.15) is 0 Å². The number of aryl methyl sites for hydroxylation is 3.